The molecule has 1 aromatic rings. The summed E-state index contributed by atoms with van der Waals surface area (Å²) in [7, 11) is -3.24. The minimum atomic E-state index is -3.24. The molecule has 0 aromatic carbocycles. The van der Waals surface area contributed by atoms with E-state index in [4.69, 9.17) is 0 Å². The van der Waals surface area contributed by atoms with Crippen LogP contribution < -0.4 is 0 Å². The van der Waals surface area contributed by atoms with Crippen molar-refractivity contribution in [3.8, 4) is 0 Å². The molecule has 0 aliphatic heterocycles. The van der Waals surface area contributed by atoms with Crippen molar-refractivity contribution in [2.75, 3.05) is 5.75 Å². The van der Waals surface area contributed by atoms with Crippen molar-refractivity contribution in [1.29, 1.82) is 0 Å². The first-order chi connectivity index (χ1) is 7.65. The third-order valence-electron chi connectivity index (χ3n) is 2.78. The van der Waals surface area contributed by atoms with E-state index < -0.39 is 9.84 Å². The largest absolute Gasteiger partial charge is 0.301 e. The van der Waals surface area contributed by atoms with Crippen LogP contribution in [0, 0.1) is 0 Å². The van der Waals surface area contributed by atoms with Crippen LogP contribution >= 0.6 is 0 Å². The van der Waals surface area contributed by atoms with Gasteiger partial charge in [0.2, 0.25) is 15.0 Å². The topological polar surface area (TPSA) is 64.8 Å². The van der Waals surface area contributed by atoms with Gasteiger partial charge in [0, 0.05) is 6.04 Å². The van der Waals surface area contributed by atoms with Gasteiger partial charge in [-0.05, 0) is 19.3 Å². The van der Waals surface area contributed by atoms with Gasteiger partial charge in [-0.1, -0.05) is 19.8 Å². The van der Waals surface area contributed by atoms with Gasteiger partial charge in [-0.25, -0.2) is 8.42 Å². The summed E-state index contributed by atoms with van der Waals surface area (Å²) in [6, 6.07) is 0.311. The zero-order chi connectivity index (χ0) is 11.6. The van der Waals surface area contributed by atoms with Crippen LogP contribution in [0.1, 0.15) is 45.1 Å². The Hall–Kier alpha value is -0.910. The number of unbranched alkanes of at least 4 members (excludes halogenated alkanes) is 2. The van der Waals surface area contributed by atoms with E-state index in [-0.39, 0.29) is 10.9 Å². The SMILES string of the molecule is CCCCCS(=O)(=O)c1nncn1C1CC1. The molecule has 90 valence electrons. The van der Waals surface area contributed by atoms with Gasteiger partial charge in [0.15, 0.2) is 0 Å². The monoisotopic (exact) mass is 243 g/mol. The molecule has 16 heavy (non-hydrogen) atoms. The smallest absolute Gasteiger partial charge is 0.249 e. The lowest BCUT2D eigenvalue weighted by Gasteiger charge is -2.05. The minimum Gasteiger partial charge on any atom is -0.301 e. The lowest BCUT2D eigenvalue weighted by atomic mass is 10.3. The Morgan fingerprint density at radius 3 is 2.81 bits per heavy atom. The van der Waals surface area contributed by atoms with Crippen LogP contribution in [-0.2, 0) is 9.84 Å². The van der Waals surface area contributed by atoms with Gasteiger partial charge in [0.1, 0.15) is 6.33 Å². The summed E-state index contributed by atoms with van der Waals surface area (Å²) in [5.74, 6) is 0.187. The van der Waals surface area contributed by atoms with Crippen molar-refractivity contribution < 1.29 is 8.42 Å². The molecule has 1 aliphatic carbocycles. The number of nitrogens with zero attached hydrogens (tertiary/aromatic N) is 3. The average Bonchev–Trinajstić information content (AvgIpc) is 2.96. The van der Waals surface area contributed by atoms with Gasteiger partial charge in [-0.3, -0.25) is 0 Å². The second kappa shape index (κ2) is 4.53. The van der Waals surface area contributed by atoms with E-state index in [1.165, 1.54) is 6.33 Å². The maximum absolute atomic E-state index is 12.0. The molecule has 0 spiro atoms. The van der Waals surface area contributed by atoms with E-state index in [1.54, 1.807) is 4.57 Å². The number of aromatic nitrogens is 3. The number of hydrogen-bond donors (Lipinski definition) is 0. The normalized spacial score (nSPS) is 16.6. The van der Waals surface area contributed by atoms with E-state index in [0.717, 1.165) is 25.7 Å². The Bertz CT molecular complexity index is 448. The van der Waals surface area contributed by atoms with Gasteiger partial charge < -0.3 is 4.57 Å². The molecular weight excluding hydrogens is 226 g/mol. The average molecular weight is 243 g/mol. The van der Waals surface area contributed by atoms with Crippen molar-refractivity contribution in [1.82, 2.24) is 14.8 Å². The van der Waals surface area contributed by atoms with E-state index in [9.17, 15) is 8.42 Å². The van der Waals surface area contributed by atoms with Crippen LogP contribution in [0.5, 0.6) is 0 Å². The molecule has 0 bridgehead atoms. The molecule has 0 radical (unpaired) electrons. The molecule has 1 saturated carbocycles. The van der Waals surface area contributed by atoms with Gasteiger partial charge >= 0.3 is 0 Å². The van der Waals surface area contributed by atoms with E-state index >= 15 is 0 Å². The van der Waals surface area contributed by atoms with Crippen LogP contribution in [0.2, 0.25) is 0 Å². The number of sulfone groups is 1. The Morgan fingerprint density at radius 1 is 1.44 bits per heavy atom. The molecule has 1 aromatic heterocycles. The molecule has 0 saturated heterocycles. The molecule has 1 aliphatic rings. The summed E-state index contributed by atoms with van der Waals surface area (Å²) in [6.07, 6.45) is 6.27. The van der Waals surface area contributed by atoms with E-state index in [0.29, 0.717) is 12.5 Å². The predicted octanol–water partition coefficient (Wildman–Crippen LogP) is 1.58. The maximum Gasteiger partial charge on any atom is 0.249 e. The Morgan fingerprint density at radius 2 is 2.19 bits per heavy atom. The van der Waals surface area contributed by atoms with Crippen molar-refractivity contribution in [3.05, 3.63) is 6.33 Å². The summed E-state index contributed by atoms with van der Waals surface area (Å²) in [4.78, 5) is 0. The second-order valence-electron chi connectivity index (χ2n) is 4.28. The first-order valence-corrected chi connectivity index (χ1v) is 7.42. The van der Waals surface area contributed by atoms with Crippen molar-refractivity contribution in [3.63, 3.8) is 0 Å². The lowest BCUT2D eigenvalue weighted by Crippen LogP contribution is -2.13. The highest BCUT2D eigenvalue weighted by molar-refractivity contribution is 7.91. The quantitative estimate of drug-likeness (QED) is 0.711. The zero-order valence-electron chi connectivity index (χ0n) is 9.46. The van der Waals surface area contributed by atoms with Crippen molar-refractivity contribution in [2.45, 2.75) is 50.2 Å². The van der Waals surface area contributed by atoms with Crippen molar-refractivity contribution >= 4 is 9.84 Å². The first-order valence-electron chi connectivity index (χ1n) is 5.77. The number of hydrogen-bond acceptors (Lipinski definition) is 4. The lowest BCUT2D eigenvalue weighted by molar-refractivity contribution is 0.560. The molecule has 0 N–H and O–H groups in total. The standard InChI is InChI=1S/C10H17N3O2S/c1-2-3-4-7-16(14,15)10-12-11-8-13(10)9-5-6-9/h8-9H,2-7H2,1H3. The highest BCUT2D eigenvalue weighted by atomic mass is 32.2. The zero-order valence-corrected chi connectivity index (χ0v) is 10.3. The van der Waals surface area contributed by atoms with Gasteiger partial charge in [0.05, 0.1) is 5.75 Å². The molecule has 1 fully saturated rings. The molecule has 6 heteroatoms. The van der Waals surface area contributed by atoms with Crippen LogP contribution in [0.3, 0.4) is 0 Å². The molecule has 0 atom stereocenters. The van der Waals surface area contributed by atoms with Gasteiger partial charge in [-0.2, -0.15) is 0 Å². The van der Waals surface area contributed by atoms with Crippen LogP contribution in [-0.4, -0.2) is 28.9 Å². The Labute approximate surface area is 95.8 Å². The molecular formula is C10H17N3O2S. The summed E-state index contributed by atoms with van der Waals surface area (Å²) < 4.78 is 25.7. The highest BCUT2D eigenvalue weighted by Crippen LogP contribution is 2.36. The minimum absolute atomic E-state index is 0.158. The van der Waals surface area contributed by atoms with Crippen LogP contribution in [0.25, 0.3) is 0 Å². The molecule has 5 nitrogen and oxygen atoms in total. The summed E-state index contributed by atoms with van der Waals surface area (Å²) in [5.41, 5.74) is 0. The summed E-state index contributed by atoms with van der Waals surface area (Å²) >= 11 is 0. The second-order valence-corrected chi connectivity index (χ2v) is 6.28. The molecule has 0 unspecified atom stereocenters. The van der Waals surface area contributed by atoms with Gasteiger partial charge in [-0.15, -0.1) is 10.2 Å². The molecule has 1 heterocycles. The fraction of sp³-hybridized carbons (Fsp3) is 0.800. The number of rotatable bonds is 6. The Balaban J connectivity index is 2.12. The third kappa shape index (κ3) is 2.42. The van der Waals surface area contributed by atoms with Crippen LogP contribution in [0.4, 0.5) is 0 Å². The summed E-state index contributed by atoms with van der Waals surface area (Å²) in [6.45, 7) is 2.05. The van der Waals surface area contributed by atoms with Crippen molar-refractivity contribution in [2.24, 2.45) is 0 Å². The summed E-state index contributed by atoms with van der Waals surface area (Å²) in [5, 5.41) is 7.62. The predicted molar refractivity (Wildman–Crippen MR) is 59.9 cm³/mol. The molecule has 0 amide bonds. The first kappa shape index (κ1) is 11.6. The highest BCUT2D eigenvalue weighted by Gasteiger charge is 2.30. The third-order valence-corrected chi connectivity index (χ3v) is 4.45. The van der Waals surface area contributed by atoms with E-state index in [2.05, 4.69) is 17.1 Å². The fourth-order valence-corrected chi connectivity index (χ4v) is 3.15. The van der Waals surface area contributed by atoms with Crippen LogP contribution in [0.15, 0.2) is 11.5 Å². The van der Waals surface area contributed by atoms with E-state index in [1.807, 2.05) is 0 Å². The maximum atomic E-state index is 12.0. The molecule has 2 rings (SSSR count). The fourth-order valence-electron chi connectivity index (χ4n) is 1.69. The Kier molecular flexibility index (Phi) is 3.28. The van der Waals surface area contributed by atoms with Gasteiger partial charge in [0.25, 0.3) is 0 Å².